The van der Waals surface area contributed by atoms with Gasteiger partial charge >= 0.3 is 6.09 Å². The Labute approximate surface area is 324 Å². The summed E-state index contributed by atoms with van der Waals surface area (Å²) < 4.78 is 7.11. The van der Waals surface area contributed by atoms with Crippen LogP contribution in [0.5, 0.6) is 0 Å². The second-order valence-corrected chi connectivity index (χ2v) is 16.8. The molecule has 0 spiro atoms. The lowest BCUT2D eigenvalue weighted by atomic mass is 9.91. The molecule has 16 heteroatoms. The molecule has 5 amide bonds. The lowest BCUT2D eigenvalue weighted by Crippen LogP contribution is -2.58. The second-order valence-electron chi connectivity index (χ2n) is 16.0. The van der Waals surface area contributed by atoms with Gasteiger partial charge in [-0.1, -0.05) is 41.5 Å². The molecule has 304 valence electrons. The summed E-state index contributed by atoms with van der Waals surface area (Å²) in [5.74, 6) is -3.17. The van der Waals surface area contributed by atoms with Crippen LogP contribution in [0, 0.1) is 44.4 Å². The van der Waals surface area contributed by atoms with Crippen molar-refractivity contribution in [2.75, 3.05) is 18.5 Å². The van der Waals surface area contributed by atoms with E-state index in [4.69, 9.17) is 4.74 Å². The van der Waals surface area contributed by atoms with Gasteiger partial charge in [-0.3, -0.25) is 28.8 Å². The van der Waals surface area contributed by atoms with Crippen molar-refractivity contribution < 1.29 is 33.8 Å². The van der Waals surface area contributed by atoms with Crippen LogP contribution in [0.4, 0.5) is 9.93 Å². The molecule has 6 unspecified atom stereocenters. The zero-order chi connectivity index (χ0) is 41.1. The van der Waals surface area contributed by atoms with Gasteiger partial charge in [0.1, 0.15) is 17.7 Å². The number of aromatic nitrogens is 3. The van der Waals surface area contributed by atoms with Crippen LogP contribution in [0.15, 0.2) is 11.4 Å². The average molecular weight is 777 g/mol. The Balaban J connectivity index is 2.23. The van der Waals surface area contributed by atoms with E-state index < -0.39 is 65.5 Å². The third-order valence-electron chi connectivity index (χ3n) is 8.86. The molecule has 6 atom stereocenters. The highest BCUT2D eigenvalue weighted by Crippen LogP contribution is 2.22. The van der Waals surface area contributed by atoms with E-state index in [0.717, 1.165) is 17.1 Å². The number of hydrogen-bond donors (Lipinski definition) is 5. The molecule has 2 aromatic heterocycles. The highest BCUT2D eigenvalue weighted by Gasteiger charge is 2.34. The Hall–Kier alpha value is -4.05. The highest BCUT2D eigenvalue weighted by atomic mass is 32.1. The highest BCUT2D eigenvalue weighted by molar-refractivity contribution is 7.14. The van der Waals surface area contributed by atoms with Crippen LogP contribution >= 0.6 is 11.3 Å². The number of aryl methyl sites for hydroxylation is 3. The van der Waals surface area contributed by atoms with Crippen LogP contribution < -0.4 is 26.2 Å². The van der Waals surface area contributed by atoms with Crippen molar-refractivity contribution in [1.82, 2.24) is 36.0 Å². The quantitative estimate of drug-likeness (QED) is 0.140. The second kappa shape index (κ2) is 20.6. The number of amides is 5. The zero-order valence-electron chi connectivity index (χ0n) is 34.4. The molecular weight excluding hydrogens is 713 g/mol. The number of hydrogen-bond acceptors (Lipinski definition) is 10. The molecule has 0 aliphatic heterocycles. The SMILES string of the molecule is CCC(Cn1nc(C)cc1C)C(=O)NC(CNC(=O)OC(C)(C)C)C(=O)NC(CC(C)C)C(O)CC(C)C(=O)NC(C(=O)N(C)c1nc(C)cs1)C(C)C. The van der Waals surface area contributed by atoms with Gasteiger partial charge in [-0.15, -0.1) is 11.3 Å². The van der Waals surface area contributed by atoms with Gasteiger partial charge in [0, 0.05) is 24.0 Å². The maximum Gasteiger partial charge on any atom is 0.407 e. The van der Waals surface area contributed by atoms with Crippen molar-refractivity contribution in [3.05, 3.63) is 28.5 Å². The van der Waals surface area contributed by atoms with E-state index in [-0.39, 0.29) is 30.7 Å². The van der Waals surface area contributed by atoms with E-state index in [1.165, 1.54) is 16.2 Å². The maximum absolute atomic E-state index is 13.9. The van der Waals surface area contributed by atoms with E-state index in [0.29, 0.717) is 24.5 Å². The molecule has 0 saturated carbocycles. The number of nitrogens with zero attached hydrogens (tertiary/aromatic N) is 4. The number of likely N-dealkylation sites (N-methyl/N-ethyl adjacent to an activating group) is 1. The standard InChI is InChI=1S/C38H64N8O7S/c1-14-27(19-46-26(9)17-24(7)44-46)33(49)42-29(18-39-37(52)53-38(10,11)12)34(50)41-28(15-21(2)3)30(47)16-23(6)32(48)43-31(22(4)5)35(51)45(13)36-40-25(8)20-54-36/h17,20-23,27-31,47H,14-16,18-19H2,1-13H3,(H,39,52)(H,41,50)(H,42,49)(H,43,48). The normalized spacial score (nSPS) is 15.1. The fourth-order valence-corrected chi connectivity index (χ4v) is 6.58. The summed E-state index contributed by atoms with van der Waals surface area (Å²) in [6, 6.07) is -0.916. The Kier molecular flexibility index (Phi) is 17.6. The summed E-state index contributed by atoms with van der Waals surface area (Å²) in [7, 11) is 1.62. The van der Waals surface area contributed by atoms with Gasteiger partial charge in [0.2, 0.25) is 17.7 Å². The lowest BCUT2D eigenvalue weighted by molar-refractivity contribution is -0.132. The minimum Gasteiger partial charge on any atom is -0.444 e. The van der Waals surface area contributed by atoms with Crippen molar-refractivity contribution in [2.45, 2.75) is 139 Å². The average Bonchev–Trinajstić information content (AvgIpc) is 3.64. The van der Waals surface area contributed by atoms with E-state index in [2.05, 4.69) is 31.3 Å². The van der Waals surface area contributed by atoms with E-state index in [9.17, 15) is 29.1 Å². The first-order valence-corrected chi connectivity index (χ1v) is 19.7. The minimum absolute atomic E-state index is 0.0161. The van der Waals surface area contributed by atoms with Gasteiger partial charge < -0.3 is 31.1 Å². The van der Waals surface area contributed by atoms with Gasteiger partial charge in [-0.2, -0.15) is 5.10 Å². The number of thiazole rings is 1. The van der Waals surface area contributed by atoms with Crippen molar-refractivity contribution in [3.8, 4) is 0 Å². The van der Waals surface area contributed by atoms with Gasteiger partial charge in [0.05, 0.1) is 42.5 Å². The van der Waals surface area contributed by atoms with Crippen molar-refractivity contribution in [1.29, 1.82) is 0 Å². The number of rotatable bonds is 19. The van der Waals surface area contributed by atoms with Crippen molar-refractivity contribution in [2.24, 2.45) is 23.7 Å². The number of anilines is 1. The minimum atomic E-state index is -1.21. The third-order valence-corrected chi connectivity index (χ3v) is 9.89. The van der Waals surface area contributed by atoms with Gasteiger partial charge in [0.25, 0.3) is 5.91 Å². The molecule has 0 radical (unpaired) electrons. The molecule has 54 heavy (non-hydrogen) atoms. The van der Waals surface area contributed by atoms with Gasteiger partial charge in [-0.05, 0) is 78.7 Å². The monoisotopic (exact) mass is 776 g/mol. The number of nitrogens with one attached hydrogen (secondary N) is 4. The summed E-state index contributed by atoms with van der Waals surface area (Å²) >= 11 is 1.34. The van der Waals surface area contributed by atoms with Crippen molar-refractivity contribution in [3.63, 3.8) is 0 Å². The first-order valence-electron chi connectivity index (χ1n) is 18.8. The van der Waals surface area contributed by atoms with E-state index in [1.54, 1.807) is 39.4 Å². The number of carbonyl (C=O) groups is 5. The lowest BCUT2D eigenvalue weighted by Gasteiger charge is -2.31. The number of carbonyl (C=O) groups excluding carboxylic acids is 5. The first-order chi connectivity index (χ1) is 25.0. The topological polar surface area (TPSA) is 197 Å². The largest absolute Gasteiger partial charge is 0.444 e. The molecule has 15 nitrogen and oxygen atoms in total. The Morgan fingerprint density at radius 3 is 2.09 bits per heavy atom. The predicted molar refractivity (Wildman–Crippen MR) is 210 cm³/mol. The number of alkyl carbamates (subject to hydrolysis) is 1. The first kappa shape index (κ1) is 46.1. The molecular formula is C38H64N8O7S. The van der Waals surface area contributed by atoms with Gasteiger partial charge in [0.15, 0.2) is 5.13 Å². The molecule has 0 aliphatic rings. The molecule has 0 aliphatic carbocycles. The molecule has 0 aromatic carbocycles. The van der Waals surface area contributed by atoms with E-state index in [1.807, 2.05) is 66.8 Å². The molecule has 2 aromatic rings. The number of aliphatic hydroxyl groups excluding tert-OH is 1. The Morgan fingerprint density at radius 2 is 1.59 bits per heavy atom. The molecule has 5 N–H and O–H groups in total. The fourth-order valence-electron chi connectivity index (χ4n) is 5.81. The van der Waals surface area contributed by atoms with Gasteiger partial charge in [-0.25, -0.2) is 9.78 Å². The van der Waals surface area contributed by atoms with Crippen LogP contribution in [0.2, 0.25) is 0 Å². The van der Waals surface area contributed by atoms with Crippen LogP contribution in [-0.4, -0.2) is 93.0 Å². The fraction of sp³-hybridized carbons (Fsp3) is 0.711. The van der Waals surface area contributed by atoms with Crippen molar-refractivity contribution >= 4 is 46.2 Å². The van der Waals surface area contributed by atoms with Crippen LogP contribution in [-0.2, 0) is 30.5 Å². The summed E-state index contributed by atoms with van der Waals surface area (Å²) in [4.78, 5) is 72.8. The third kappa shape index (κ3) is 14.6. The summed E-state index contributed by atoms with van der Waals surface area (Å²) in [6.45, 7) is 21.9. The molecule has 0 saturated heterocycles. The Bertz CT molecular complexity index is 1570. The number of ether oxygens (including phenoxy) is 1. The molecule has 0 bridgehead atoms. The van der Waals surface area contributed by atoms with Crippen LogP contribution in [0.3, 0.4) is 0 Å². The maximum atomic E-state index is 13.9. The molecule has 2 heterocycles. The van der Waals surface area contributed by atoms with Crippen LogP contribution in [0.25, 0.3) is 0 Å². The summed E-state index contributed by atoms with van der Waals surface area (Å²) in [6.07, 6.45) is -1.10. The molecule has 0 fully saturated rings. The van der Waals surface area contributed by atoms with E-state index >= 15 is 0 Å². The van der Waals surface area contributed by atoms with Crippen LogP contribution in [0.1, 0.15) is 98.7 Å². The Morgan fingerprint density at radius 1 is 0.944 bits per heavy atom. The summed E-state index contributed by atoms with van der Waals surface area (Å²) in [5.41, 5.74) is 1.73. The summed E-state index contributed by atoms with van der Waals surface area (Å²) in [5, 5.41) is 29.5. The smallest absolute Gasteiger partial charge is 0.407 e. The number of aliphatic hydroxyl groups is 1. The predicted octanol–water partition coefficient (Wildman–Crippen LogP) is 4.02. The zero-order valence-corrected chi connectivity index (χ0v) is 35.2. The molecule has 2 rings (SSSR count).